The van der Waals surface area contributed by atoms with Crippen LogP contribution in [0.4, 0.5) is 8.78 Å². The summed E-state index contributed by atoms with van der Waals surface area (Å²) in [5, 5.41) is 0. The van der Waals surface area contributed by atoms with Gasteiger partial charge in [-0.2, -0.15) is 0 Å². The summed E-state index contributed by atoms with van der Waals surface area (Å²) >= 11 is 11.9. The molecule has 0 atom stereocenters. The van der Waals surface area contributed by atoms with Gasteiger partial charge in [-0.05, 0) is 36.6 Å². The Labute approximate surface area is 111 Å². The minimum absolute atomic E-state index is 0.347. The van der Waals surface area contributed by atoms with E-state index in [9.17, 15) is 8.78 Å². The molecule has 0 aromatic heterocycles. The first-order valence-electron chi connectivity index (χ1n) is 5.63. The molecule has 0 aliphatic carbocycles. The zero-order valence-corrected chi connectivity index (χ0v) is 11.3. The number of hydrogen-bond donors (Lipinski definition) is 0. The number of halogens is 4. The minimum atomic E-state index is -0.434. The molecule has 96 valence electrons. The smallest absolute Gasteiger partial charge is 0.126 e. The van der Waals surface area contributed by atoms with E-state index >= 15 is 0 Å². The highest BCUT2D eigenvalue weighted by atomic mass is 35.5. The zero-order valence-electron chi connectivity index (χ0n) is 9.78. The van der Waals surface area contributed by atoms with Crippen molar-refractivity contribution in [2.24, 2.45) is 5.41 Å². The van der Waals surface area contributed by atoms with Crippen LogP contribution < -0.4 is 0 Å². The Morgan fingerprint density at radius 3 is 2.35 bits per heavy atom. The Bertz CT molecular complexity index is 362. The molecule has 0 N–H and O–H groups in total. The molecule has 0 spiro atoms. The summed E-state index contributed by atoms with van der Waals surface area (Å²) in [4.78, 5) is 0. The van der Waals surface area contributed by atoms with Gasteiger partial charge >= 0.3 is 0 Å². The van der Waals surface area contributed by atoms with Crippen molar-refractivity contribution in [2.75, 3.05) is 11.8 Å². The second-order valence-corrected chi connectivity index (χ2v) is 4.96. The summed E-state index contributed by atoms with van der Waals surface area (Å²) in [5.41, 5.74) is -0.00768. The van der Waals surface area contributed by atoms with Crippen molar-refractivity contribution < 1.29 is 8.78 Å². The van der Waals surface area contributed by atoms with Crippen LogP contribution in [0.3, 0.4) is 0 Å². The third-order valence-electron chi connectivity index (χ3n) is 2.92. The summed E-state index contributed by atoms with van der Waals surface area (Å²) in [6.07, 6.45) is 2.09. The molecular formula is C13H16Cl2F2. The van der Waals surface area contributed by atoms with Gasteiger partial charge in [-0.3, -0.25) is 0 Å². The van der Waals surface area contributed by atoms with Gasteiger partial charge in [0.05, 0.1) is 0 Å². The lowest BCUT2D eigenvalue weighted by Gasteiger charge is -2.29. The van der Waals surface area contributed by atoms with Gasteiger partial charge < -0.3 is 0 Å². The van der Waals surface area contributed by atoms with Crippen molar-refractivity contribution >= 4 is 23.2 Å². The molecule has 0 fully saturated rings. The van der Waals surface area contributed by atoms with E-state index in [0.717, 1.165) is 25.0 Å². The molecule has 0 nitrogen and oxygen atoms in total. The van der Waals surface area contributed by atoms with Crippen molar-refractivity contribution in [1.29, 1.82) is 0 Å². The van der Waals surface area contributed by atoms with E-state index in [4.69, 9.17) is 23.2 Å². The van der Waals surface area contributed by atoms with Gasteiger partial charge in [0.1, 0.15) is 11.6 Å². The molecule has 0 amide bonds. The van der Waals surface area contributed by atoms with Crippen LogP contribution in [0.5, 0.6) is 0 Å². The molecule has 0 saturated heterocycles. The molecule has 0 radical (unpaired) electrons. The number of rotatable bonds is 6. The molecular weight excluding hydrogens is 265 g/mol. The van der Waals surface area contributed by atoms with E-state index in [0.29, 0.717) is 23.7 Å². The second-order valence-electron chi connectivity index (χ2n) is 4.43. The van der Waals surface area contributed by atoms with Crippen LogP contribution in [0.1, 0.15) is 25.3 Å². The average Bonchev–Trinajstić information content (AvgIpc) is 2.33. The van der Waals surface area contributed by atoms with Gasteiger partial charge in [0.15, 0.2) is 0 Å². The molecule has 0 saturated carbocycles. The second kappa shape index (κ2) is 6.55. The highest BCUT2D eigenvalue weighted by molar-refractivity contribution is 6.21. The predicted octanol–water partition coefficient (Wildman–Crippen LogP) is 4.77. The van der Waals surface area contributed by atoms with Crippen molar-refractivity contribution in [3.05, 3.63) is 35.4 Å². The SMILES string of the molecule is CCCC(CCl)(CCl)Cc1cc(F)ccc1F. The number of hydrogen-bond acceptors (Lipinski definition) is 0. The lowest BCUT2D eigenvalue weighted by Crippen LogP contribution is -2.28. The largest absolute Gasteiger partial charge is 0.207 e. The van der Waals surface area contributed by atoms with Gasteiger partial charge in [0, 0.05) is 17.2 Å². The molecule has 1 aromatic rings. The van der Waals surface area contributed by atoms with Crippen LogP contribution in [0.2, 0.25) is 0 Å². The van der Waals surface area contributed by atoms with Crippen LogP contribution in [-0.4, -0.2) is 11.8 Å². The van der Waals surface area contributed by atoms with Gasteiger partial charge in [0.2, 0.25) is 0 Å². The van der Waals surface area contributed by atoms with Crippen molar-refractivity contribution in [1.82, 2.24) is 0 Å². The Kier molecular flexibility index (Phi) is 5.68. The van der Waals surface area contributed by atoms with Gasteiger partial charge in [-0.25, -0.2) is 8.78 Å². The molecule has 0 aliphatic heterocycles. The quantitative estimate of drug-likeness (QED) is 0.659. The topological polar surface area (TPSA) is 0 Å². The molecule has 1 rings (SSSR count). The minimum Gasteiger partial charge on any atom is -0.207 e. The van der Waals surface area contributed by atoms with Crippen molar-refractivity contribution in [2.45, 2.75) is 26.2 Å². The van der Waals surface area contributed by atoms with Gasteiger partial charge in [-0.15, -0.1) is 23.2 Å². The third-order valence-corrected chi connectivity index (χ3v) is 4.05. The fraction of sp³-hybridized carbons (Fsp3) is 0.538. The first-order valence-corrected chi connectivity index (χ1v) is 6.69. The van der Waals surface area contributed by atoms with Crippen LogP contribution in [0, 0.1) is 17.0 Å². The summed E-state index contributed by atoms with van der Waals surface area (Å²) in [6.45, 7) is 2.02. The average molecular weight is 281 g/mol. The number of alkyl halides is 2. The predicted molar refractivity (Wildman–Crippen MR) is 68.8 cm³/mol. The Morgan fingerprint density at radius 1 is 1.18 bits per heavy atom. The standard InChI is InChI=1S/C13H16Cl2F2/c1-2-5-13(8-14,9-15)7-10-6-11(16)3-4-12(10)17/h3-4,6H,2,5,7-9H2,1H3. The monoisotopic (exact) mass is 280 g/mol. The molecule has 0 heterocycles. The van der Waals surface area contributed by atoms with E-state index < -0.39 is 11.6 Å². The fourth-order valence-corrected chi connectivity index (χ4v) is 2.71. The van der Waals surface area contributed by atoms with Crippen LogP contribution in [0.25, 0.3) is 0 Å². The molecule has 17 heavy (non-hydrogen) atoms. The molecule has 1 aromatic carbocycles. The Hall–Kier alpha value is -0.340. The molecule has 0 unspecified atom stereocenters. The van der Waals surface area contributed by atoms with Gasteiger partial charge in [0.25, 0.3) is 0 Å². The summed E-state index contributed by atoms with van der Waals surface area (Å²) in [6, 6.07) is 3.48. The van der Waals surface area contributed by atoms with E-state index in [1.165, 1.54) is 6.07 Å². The normalized spacial score (nSPS) is 11.8. The molecule has 0 aliphatic rings. The van der Waals surface area contributed by atoms with Crippen molar-refractivity contribution in [3.63, 3.8) is 0 Å². The maximum Gasteiger partial charge on any atom is 0.126 e. The Morgan fingerprint density at radius 2 is 1.82 bits per heavy atom. The summed E-state index contributed by atoms with van der Waals surface area (Å²) in [5.74, 6) is -0.140. The highest BCUT2D eigenvalue weighted by Gasteiger charge is 2.29. The van der Waals surface area contributed by atoms with E-state index in [1.54, 1.807) is 0 Å². The lowest BCUT2D eigenvalue weighted by molar-refractivity contribution is 0.335. The van der Waals surface area contributed by atoms with Crippen molar-refractivity contribution in [3.8, 4) is 0 Å². The fourth-order valence-electron chi connectivity index (χ4n) is 1.97. The summed E-state index contributed by atoms with van der Waals surface area (Å²) in [7, 11) is 0. The van der Waals surface area contributed by atoms with Gasteiger partial charge in [-0.1, -0.05) is 13.3 Å². The lowest BCUT2D eigenvalue weighted by atomic mass is 9.81. The van der Waals surface area contributed by atoms with Crippen LogP contribution in [0.15, 0.2) is 18.2 Å². The number of benzene rings is 1. The molecule has 0 bridgehead atoms. The first kappa shape index (κ1) is 14.7. The first-order chi connectivity index (χ1) is 8.06. The third kappa shape index (κ3) is 3.82. The van der Waals surface area contributed by atoms with E-state index in [-0.39, 0.29) is 5.41 Å². The van der Waals surface area contributed by atoms with Crippen LogP contribution in [-0.2, 0) is 6.42 Å². The molecule has 4 heteroatoms. The van der Waals surface area contributed by atoms with Crippen LogP contribution >= 0.6 is 23.2 Å². The highest BCUT2D eigenvalue weighted by Crippen LogP contribution is 2.32. The summed E-state index contributed by atoms with van der Waals surface area (Å²) < 4.78 is 26.6. The maximum absolute atomic E-state index is 13.6. The van der Waals surface area contributed by atoms with E-state index in [2.05, 4.69) is 0 Å². The van der Waals surface area contributed by atoms with E-state index in [1.807, 2.05) is 6.92 Å². The zero-order chi connectivity index (χ0) is 12.9. The maximum atomic E-state index is 13.6. The Balaban J connectivity index is 2.96.